The van der Waals surface area contributed by atoms with Crippen molar-refractivity contribution in [2.45, 2.75) is 26.0 Å². The number of aromatic nitrogens is 1. The van der Waals surface area contributed by atoms with E-state index < -0.39 is 0 Å². The summed E-state index contributed by atoms with van der Waals surface area (Å²) in [6, 6.07) is 0. The molecule has 1 aromatic heterocycles. The summed E-state index contributed by atoms with van der Waals surface area (Å²) >= 11 is 1.62. The quantitative estimate of drug-likeness (QED) is 0.851. The number of rotatable bonds is 4. The van der Waals surface area contributed by atoms with Crippen molar-refractivity contribution in [2.75, 3.05) is 26.1 Å². The monoisotopic (exact) mass is 229 g/mol. The van der Waals surface area contributed by atoms with Gasteiger partial charge in [-0.15, -0.1) is 0 Å². The molecule has 0 aliphatic heterocycles. The van der Waals surface area contributed by atoms with Gasteiger partial charge in [0.15, 0.2) is 5.13 Å². The number of thiazole rings is 1. The summed E-state index contributed by atoms with van der Waals surface area (Å²) in [5, 5.41) is 0.968. The Kier molecular flexibility index (Phi) is 3.70. The fourth-order valence-electron chi connectivity index (χ4n) is 1.27. The van der Waals surface area contributed by atoms with Gasteiger partial charge in [0, 0.05) is 26.7 Å². The van der Waals surface area contributed by atoms with Crippen LogP contribution in [0.15, 0.2) is 0 Å². The maximum absolute atomic E-state index is 6.10. The second-order valence-corrected chi connectivity index (χ2v) is 5.30. The molecule has 1 rings (SSSR count). The molecule has 0 aliphatic carbocycles. The van der Waals surface area contributed by atoms with Crippen LogP contribution in [0, 0.1) is 0 Å². The van der Waals surface area contributed by atoms with Crippen LogP contribution in [0.3, 0.4) is 0 Å². The Hall–Kier alpha value is -0.650. The van der Waals surface area contributed by atoms with Crippen LogP contribution in [0.25, 0.3) is 0 Å². The van der Waals surface area contributed by atoms with Gasteiger partial charge in [0.05, 0.1) is 17.2 Å². The van der Waals surface area contributed by atoms with Gasteiger partial charge in [0.25, 0.3) is 0 Å². The molecule has 4 nitrogen and oxygen atoms in total. The highest BCUT2D eigenvalue weighted by atomic mass is 32.1. The molecule has 1 aromatic rings. The number of hydrogen-bond acceptors (Lipinski definition) is 5. The molecule has 0 saturated heterocycles. The van der Waals surface area contributed by atoms with E-state index >= 15 is 0 Å². The Morgan fingerprint density at radius 3 is 2.47 bits per heavy atom. The van der Waals surface area contributed by atoms with Crippen LogP contribution >= 0.6 is 11.3 Å². The van der Waals surface area contributed by atoms with Gasteiger partial charge in [-0.05, 0) is 13.8 Å². The summed E-state index contributed by atoms with van der Waals surface area (Å²) in [6.07, 6.45) is 0. The summed E-state index contributed by atoms with van der Waals surface area (Å²) in [7, 11) is 5.62. The molecule has 0 fully saturated rings. The molecule has 0 atom stereocenters. The van der Waals surface area contributed by atoms with Crippen molar-refractivity contribution in [3.8, 4) is 0 Å². The van der Waals surface area contributed by atoms with Gasteiger partial charge >= 0.3 is 0 Å². The van der Waals surface area contributed by atoms with E-state index in [1.165, 1.54) is 0 Å². The molecule has 0 unspecified atom stereocenters. The van der Waals surface area contributed by atoms with Crippen LogP contribution in [0.1, 0.15) is 24.4 Å². The lowest BCUT2D eigenvalue weighted by Crippen LogP contribution is -2.28. The maximum atomic E-state index is 6.10. The summed E-state index contributed by atoms with van der Waals surface area (Å²) in [6.45, 7) is 4.48. The molecule has 0 aromatic carbocycles. The second kappa shape index (κ2) is 4.47. The lowest BCUT2D eigenvalue weighted by molar-refractivity contribution is 0.180. The molecule has 0 amide bonds. The highest BCUT2D eigenvalue weighted by Gasteiger charge is 2.23. The minimum Gasteiger partial charge on any atom is -0.378 e. The molecular formula is C10H19N3OS. The number of hydrogen-bond donors (Lipinski definition) is 1. The van der Waals surface area contributed by atoms with Gasteiger partial charge < -0.3 is 15.4 Å². The first-order valence-electron chi connectivity index (χ1n) is 4.81. The van der Waals surface area contributed by atoms with Gasteiger partial charge in [-0.1, -0.05) is 11.3 Å². The summed E-state index contributed by atoms with van der Waals surface area (Å²) in [4.78, 5) is 7.58. The minimum absolute atomic E-state index is 0.361. The Balaban J connectivity index is 3.12. The van der Waals surface area contributed by atoms with E-state index in [1.54, 1.807) is 18.4 Å². The third kappa shape index (κ3) is 2.90. The molecule has 5 heteroatoms. The van der Waals surface area contributed by atoms with Crippen LogP contribution in [0.5, 0.6) is 0 Å². The van der Waals surface area contributed by atoms with Crippen molar-refractivity contribution in [1.29, 1.82) is 0 Å². The SMILES string of the molecule is COCc1nc(N(C)C)sc1C(C)(C)N. The van der Waals surface area contributed by atoms with E-state index in [0.29, 0.717) is 6.61 Å². The average molecular weight is 229 g/mol. The smallest absolute Gasteiger partial charge is 0.185 e. The van der Waals surface area contributed by atoms with Crippen molar-refractivity contribution in [1.82, 2.24) is 4.98 Å². The van der Waals surface area contributed by atoms with Crippen LogP contribution in [-0.2, 0) is 16.9 Å². The summed E-state index contributed by atoms with van der Waals surface area (Å²) in [5.74, 6) is 0. The Bertz CT molecular complexity index is 328. The zero-order chi connectivity index (χ0) is 11.6. The fourth-order valence-corrected chi connectivity index (χ4v) is 2.27. The minimum atomic E-state index is -0.361. The van der Waals surface area contributed by atoms with Crippen molar-refractivity contribution < 1.29 is 4.74 Å². The van der Waals surface area contributed by atoms with E-state index in [4.69, 9.17) is 10.5 Å². The zero-order valence-corrected chi connectivity index (χ0v) is 10.8. The van der Waals surface area contributed by atoms with E-state index in [9.17, 15) is 0 Å². The predicted molar refractivity (Wildman–Crippen MR) is 64.4 cm³/mol. The van der Waals surface area contributed by atoms with Crippen LogP contribution < -0.4 is 10.6 Å². The van der Waals surface area contributed by atoms with Crippen molar-refractivity contribution >= 4 is 16.5 Å². The molecule has 0 saturated carbocycles. The van der Waals surface area contributed by atoms with E-state index in [0.717, 1.165) is 15.7 Å². The van der Waals surface area contributed by atoms with Gasteiger partial charge in [0.1, 0.15) is 0 Å². The topological polar surface area (TPSA) is 51.4 Å². The Morgan fingerprint density at radius 2 is 2.07 bits per heavy atom. The zero-order valence-electron chi connectivity index (χ0n) is 10.00. The van der Waals surface area contributed by atoms with Gasteiger partial charge in [-0.3, -0.25) is 0 Å². The maximum Gasteiger partial charge on any atom is 0.185 e. The van der Waals surface area contributed by atoms with Crippen LogP contribution in [0.2, 0.25) is 0 Å². The molecule has 0 bridgehead atoms. The molecule has 15 heavy (non-hydrogen) atoms. The average Bonchev–Trinajstić information content (AvgIpc) is 2.48. The van der Waals surface area contributed by atoms with Gasteiger partial charge in [0.2, 0.25) is 0 Å². The number of methoxy groups -OCH3 is 1. The largest absolute Gasteiger partial charge is 0.378 e. The number of anilines is 1. The van der Waals surface area contributed by atoms with Gasteiger partial charge in [-0.2, -0.15) is 0 Å². The van der Waals surface area contributed by atoms with Crippen molar-refractivity contribution in [2.24, 2.45) is 5.73 Å². The fraction of sp³-hybridized carbons (Fsp3) is 0.700. The molecule has 86 valence electrons. The Labute approximate surface area is 95.1 Å². The lowest BCUT2D eigenvalue weighted by Gasteiger charge is -2.17. The third-order valence-electron chi connectivity index (χ3n) is 1.93. The molecule has 0 aliphatic rings. The van der Waals surface area contributed by atoms with Crippen LogP contribution in [-0.4, -0.2) is 26.2 Å². The first kappa shape index (κ1) is 12.4. The normalized spacial score (nSPS) is 11.9. The second-order valence-electron chi connectivity index (χ2n) is 4.32. The van der Waals surface area contributed by atoms with Gasteiger partial charge in [-0.25, -0.2) is 4.98 Å². The highest BCUT2D eigenvalue weighted by Crippen LogP contribution is 2.32. The molecule has 0 radical (unpaired) electrons. The molecular weight excluding hydrogens is 210 g/mol. The van der Waals surface area contributed by atoms with E-state index in [1.807, 2.05) is 32.8 Å². The first-order valence-corrected chi connectivity index (χ1v) is 5.63. The molecule has 2 N–H and O–H groups in total. The van der Waals surface area contributed by atoms with E-state index in [2.05, 4.69) is 4.98 Å². The lowest BCUT2D eigenvalue weighted by atomic mass is 10.0. The van der Waals surface area contributed by atoms with Crippen LogP contribution in [0.4, 0.5) is 5.13 Å². The number of nitrogens with two attached hydrogens (primary N) is 1. The van der Waals surface area contributed by atoms with Crippen molar-refractivity contribution in [3.05, 3.63) is 10.6 Å². The van der Waals surface area contributed by atoms with E-state index in [-0.39, 0.29) is 5.54 Å². The molecule has 1 heterocycles. The standard InChI is InChI=1S/C10H19N3OS/c1-10(2,11)8-7(6-14-5)12-9(15-8)13(3)4/h6,11H2,1-5H3. The summed E-state index contributed by atoms with van der Waals surface area (Å²) < 4.78 is 5.13. The predicted octanol–water partition coefficient (Wildman–Crippen LogP) is 1.55. The number of nitrogens with zero attached hydrogens (tertiary/aromatic N) is 2. The summed E-state index contributed by atoms with van der Waals surface area (Å²) in [5.41, 5.74) is 6.68. The Morgan fingerprint density at radius 1 is 1.47 bits per heavy atom. The first-order chi connectivity index (χ1) is 6.86. The molecule has 0 spiro atoms. The highest BCUT2D eigenvalue weighted by molar-refractivity contribution is 7.15. The third-order valence-corrected chi connectivity index (χ3v) is 3.54. The number of ether oxygens (including phenoxy) is 1. The van der Waals surface area contributed by atoms with Crippen molar-refractivity contribution in [3.63, 3.8) is 0 Å².